The maximum Gasteiger partial charge on any atom is 0.134 e. The minimum Gasteiger partial charge on any atom is -0.310 e. The van der Waals surface area contributed by atoms with Crippen molar-refractivity contribution in [3.63, 3.8) is 0 Å². The van der Waals surface area contributed by atoms with E-state index in [1.807, 2.05) is 0 Å². The Morgan fingerprint density at radius 1 is 0.419 bits per heavy atom. The number of rotatable bonds is 5. The Bertz CT molecular complexity index is 3380. The lowest BCUT2D eigenvalue weighted by Crippen LogP contribution is -2.29. The molecule has 1 spiro atoms. The van der Waals surface area contributed by atoms with E-state index in [-0.39, 0.29) is 5.41 Å². The summed E-state index contributed by atoms with van der Waals surface area (Å²) in [5, 5.41) is 0. The van der Waals surface area contributed by atoms with Crippen LogP contribution in [0.2, 0.25) is 0 Å². The summed E-state index contributed by atoms with van der Waals surface area (Å²) in [6.45, 7) is 4.71. The van der Waals surface area contributed by atoms with Crippen molar-refractivity contribution in [2.24, 2.45) is 0 Å². The first-order valence-electron chi connectivity index (χ1n) is 21.6. The molecule has 292 valence electrons. The van der Waals surface area contributed by atoms with Crippen LogP contribution in [-0.4, -0.2) is 9.55 Å². The van der Waals surface area contributed by atoms with E-state index in [9.17, 15) is 0 Å². The van der Waals surface area contributed by atoms with Gasteiger partial charge in [-0.05, 0) is 121 Å². The molecule has 0 unspecified atom stereocenters. The number of fused-ring (bicyclic) bond motifs is 15. The van der Waals surface area contributed by atoms with Crippen LogP contribution in [0.25, 0.3) is 61.2 Å². The first-order valence-corrected chi connectivity index (χ1v) is 21.6. The first-order chi connectivity index (χ1) is 30.5. The third kappa shape index (κ3) is 4.68. The number of anilines is 3. The van der Waals surface area contributed by atoms with Crippen molar-refractivity contribution in [2.45, 2.75) is 24.7 Å². The summed E-state index contributed by atoms with van der Waals surface area (Å²) < 4.78 is 2.43. The van der Waals surface area contributed by atoms with Gasteiger partial charge in [-0.3, -0.25) is 4.57 Å². The number of benzene rings is 9. The maximum absolute atomic E-state index is 5.57. The molecule has 2 aliphatic carbocycles. The fourth-order valence-electron chi connectivity index (χ4n) is 11.2. The Hall–Kier alpha value is -7.75. The van der Waals surface area contributed by atoms with Crippen LogP contribution in [0, 0.1) is 0 Å². The van der Waals surface area contributed by atoms with E-state index in [1.54, 1.807) is 0 Å². The average molecular weight is 792 g/mol. The minimum atomic E-state index is -0.658. The molecule has 9 aromatic carbocycles. The van der Waals surface area contributed by atoms with E-state index in [0.717, 1.165) is 39.6 Å². The number of hydrogen-bond donors (Lipinski definition) is 0. The highest BCUT2D eigenvalue weighted by molar-refractivity contribution is 5.96. The third-order valence-corrected chi connectivity index (χ3v) is 14.0. The monoisotopic (exact) mass is 791 g/mol. The van der Waals surface area contributed by atoms with Crippen LogP contribution in [0.1, 0.15) is 47.5 Å². The van der Waals surface area contributed by atoms with Gasteiger partial charge < -0.3 is 4.90 Å². The minimum absolute atomic E-state index is 0.0646. The molecule has 0 atom stereocenters. The largest absolute Gasteiger partial charge is 0.310 e. The Morgan fingerprint density at radius 2 is 0.935 bits per heavy atom. The van der Waals surface area contributed by atoms with Crippen molar-refractivity contribution in [1.82, 2.24) is 9.55 Å². The van der Waals surface area contributed by atoms with Gasteiger partial charge in [-0.15, -0.1) is 0 Å². The van der Waals surface area contributed by atoms with Crippen LogP contribution in [0.5, 0.6) is 0 Å². The third-order valence-electron chi connectivity index (χ3n) is 14.0. The molecule has 13 rings (SSSR count). The fourth-order valence-corrected chi connectivity index (χ4v) is 11.2. The maximum atomic E-state index is 5.57. The van der Waals surface area contributed by atoms with Crippen LogP contribution >= 0.6 is 0 Å². The molecular weight excluding hydrogens is 751 g/mol. The van der Waals surface area contributed by atoms with Crippen molar-refractivity contribution in [3.8, 4) is 50.2 Å². The highest BCUT2D eigenvalue weighted by Gasteiger charge is 2.56. The highest BCUT2D eigenvalue weighted by Crippen LogP contribution is 2.63. The SMILES string of the molecule is CC1(C)c2ccccc2-c2ccc(-c3ccc(N(c4ccc(-c5ccccc5)cc4)c4cccc5c4C4(c6ccccc6-c6ccccc64)c4nc6ccccc6n4-5)cc3)cc21. The summed E-state index contributed by atoms with van der Waals surface area (Å²) in [4.78, 5) is 8.04. The molecule has 3 heteroatoms. The number of hydrogen-bond acceptors (Lipinski definition) is 2. The van der Waals surface area contributed by atoms with Gasteiger partial charge in [0.1, 0.15) is 11.2 Å². The van der Waals surface area contributed by atoms with Crippen LogP contribution in [0.3, 0.4) is 0 Å². The molecule has 0 amide bonds. The molecule has 0 fully saturated rings. The van der Waals surface area contributed by atoms with Gasteiger partial charge >= 0.3 is 0 Å². The van der Waals surface area contributed by atoms with Gasteiger partial charge in [-0.25, -0.2) is 4.98 Å². The Labute approximate surface area is 361 Å². The van der Waals surface area contributed by atoms with E-state index in [2.05, 4.69) is 236 Å². The van der Waals surface area contributed by atoms with Gasteiger partial charge in [0.15, 0.2) is 0 Å². The second-order valence-electron chi connectivity index (χ2n) is 17.5. The molecule has 2 heterocycles. The van der Waals surface area contributed by atoms with E-state index >= 15 is 0 Å². The van der Waals surface area contributed by atoms with Crippen molar-refractivity contribution in [3.05, 3.63) is 246 Å². The quantitative estimate of drug-likeness (QED) is 0.173. The smallest absolute Gasteiger partial charge is 0.134 e. The van der Waals surface area contributed by atoms with Crippen molar-refractivity contribution in [2.75, 3.05) is 4.90 Å². The standard InChI is InChI=1S/C59H41N3/c1-58(2)48-20-9-6-17-44(48)47-36-31-41(37-51(47)58)40-29-34-43(35-30-40)61(42-32-27-39(28-33-42)38-15-4-3-5-16-38)54-25-14-26-55-56(54)59(57-60-52-23-12-13-24-53(52)62(55)57)49-21-10-7-18-45(49)46-19-8-11-22-50(46)59/h3-37H,1-2H3. The highest BCUT2D eigenvalue weighted by atomic mass is 15.2. The molecule has 1 aromatic heterocycles. The number of aromatic nitrogens is 2. The van der Waals surface area contributed by atoms with E-state index in [4.69, 9.17) is 4.98 Å². The molecule has 0 N–H and O–H groups in total. The molecule has 62 heavy (non-hydrogen) atoms. The van der Waals surface area contributed by atoms with Gasteiger partial charge in [0, 0.05) is 22.4 Å². The lowest BCUT2D eigenvalue weighted by Gasteiger charge is -2.34. The summed E-state index contributed by atoms with van der Waals surface area (Å²) in [6, 6.07) is 78.2. The molecule has 0 saturated heterocycles. The zero-order chi connectivity index (χ0) is 41.2. The Balaban J connectivity index is 1.03. The second-order valence-corrected chi connectivity index (χ2v) is 17.5. The topological polar surface area (TPSA) is 21.1 Å². The number of nitrogens with zero attached hydrogens (tertiary/aromatic N) is 3. The summed E-state index contributed by atoms with van der Waals surface area (Å²) in [7, 11) is 0. The molecular formula is C59H41N3. The molecule has 0 bridgehead atoms. The second kappa shape index (κ2) is 12.9. The zero-order valence-electron chi connectivity index (χ0n) is 34.5. The molecule has 3 aliphatic rings. The summed E-state index contributed by atoms with van der Waals surface area (Å²) in [5.74, 6) is 1.04. The van der Waals surface area contributed by atoms with Crippen molar-refractivity contribution < 1.29 is 0 Å². The fraction of sp³-hybridized carbons (Fsp3) is 0.0678. The summed E-state index contributed by atoms with van der Waals surface area (Å²) in [5.41, 5.74) is 22.4. The normalized spacial score (nSPS) is 14.2. The Morgan fingerprint density at radius 3 is 1.61 bits per heavy atom. The van der Waals surface area contributed by atoms with Gasteiger partial charge in [0.2, 0.25) is 0 Å². The predicted octanol–water partition coefficient (Wildman–Crippen LogP) is 14.8. The van der Waals surface area contributed by atoms with Gasteiger partial charge in [-0.2, -0.15) is 0 Å². The van der Waals surface area contributed by atoms with Gasteiger partial charge in [0.05, 0.1) is 22.4 Å². The lowest BCUT2D eigenvalue weighted by molar-refractivity contribution is 0.660. The molecule has 0 saturated carbocycles. The average Bonchev–Trinajstić information content (AvgIpc) is 4.02. The van der Waals surface area contributed by atoms with E-state index in [1.165, 1.54) is 72.3 Å². The molecule has 3 nitrogen and oxygen atoms in total. The molecule has 1 aliphatic heterocycles. The van der Waals surface area contributed by atoms with Crippen molar-refractivity contribution in [1.29, 1.82) is 0 Å². The van der Waals surface area contributed by atoms with Crippen molar-refractivity contribution >= 4 is 28.1 Å². The number of imidazole rings is 1. The van der Waals surface area contributed by atoms with Crippen LogP contribution in [-0.2, 0) is 10.8 Å². The predicted molar refractivity (Wildman–Crippen MR) is 255 cm³/mol. The van der Waals surface area contributed by atoms with E-state index in [0.29, 0.717) is 0 Å². The van der Waals surface area contributed by atoms with Gasteiger partial charge in [0.25, 0.3) is 0 Å². The summed E-state index contributed by atoms with van der Waals surface area (Å²) in [6.07, 6.45) is 0. The zero-order valence-corrected chi connectivity index (χ0v) is 34.5. The molecule has 0 radical (unpaired) electrons. The van der Waals surface area contributed by atoms with Crippen LogP contribution < -0.4 is 4.90 Å². The van der Waals surface area contributed by atoms with Gasteiger partial charge in [-0.1, -0.05) is 172 Å². The summed E-state index contributed by atoms with van der Waals surface area (Å²) >= 11 is 0. The van der Waals surface area contributed by atoms with E-state index < -0.39 is 5.41 Å². The molecule has 10 aromatic rings. The lowest BCUT2D eigenvalue weighted by atomic mass is 9.72. The Kier molecular flexibility index (Phi) is 7.28. The van der Waals surface area contributed by atoms with Crippen LogP contribution in [0.4, 0.5) is 17.1 Å². The number of para-hydroxylation sites is 2. The van der Waals surface area contributed by atoms with Crippen LogP contribution in [0.15, 0.2) is 212 Å². The first kappa shape index (κ1) is 35.0.